The van der Waals surface area contributed by atoms with Gasteiger partial charge in [-0.1, -0.05) is 60.7 Å². The van der Waals surface area contributed by atoms with E-state index in [1.807, 2.05) is 42.5 Å². The van der Waals surface area contributed by atoms with Crippen LogP contribution >= 0.6 is 0 Å². The predicted molar refractivity (Wildman–Crippen MR) is 92.0 cm³/mol. The molecule has 1 atom stereocenters. The van der Waals surface area contributed by atoms with Gasteiger partial charge in [0.1, 0.15) is 5.82 Å². The lowest BCUT2D eigenvalue weighted by molar-refractivity contribution is -0.120. The molecule has 0 fully saturated rings. The molecule has 0 aromatic heterocycles. The summed E-state index contributed by atoms with van der Waals surface area (Å²) in [5.41, 5.74) is 1.08. The molecule has 0 aliphatic carbocycles. The van der Waals surface area contributed by atoms with Gasteiger partial charge in [-0.2, -0.15) is 0 Å². The number of carbonyl (C=O) groups is 1. The van der Waals surface area contributed by atoms with Gasteiger partial charge in [-0.3, -0.25) is 4.79 Å². The first-order valence-electron chi connectivity index (χ1n) is 7.80. The van der Waals surface area contributed by atoms with Gasteiger partial charge in [0.25, 0.3) is 0 Å². The number of rotatable bonds is 5. The summed E-state index contributed by atoms with van der Waals surface area (Å²) in [6, 6.07) is 19.8. The summed E-state index contributed by atoms with van der Waals surface area (Å²) in [5.74, 6) is -0.686. The van der Waals surface area contributed by atoms with Crippen molar-refractivity contribution in [3.63, 3.8) is 0 Å². The molecule has 3 nitrogen and oxygen atoms in total. The van der Waals surface area contributed by atoms with Gasteiger partial charge in [-0.15, -0.1) is 0 Å². The summed E-state index contributed by atoms with van der Waals surface area (Å²) < 4.78 is 13.6. The largest absolute Gasteiger partial charge is 0.386 e. The molecule has 1 unspecified atom stereocenters. The van der Waals surface area contributed by atoms with E-state index in [9.17, 15) is 14.3 Å². The van der Waals surface area contributed by atoms with Gasteiger partial charge in [0.15, 0.2) is 0 Å². The summed E-state index contributed by atoms with van der Waals surface area (Å²) in [6.07, 6.45) is -0.846. The highest BCUT2D eigenvalue weighted by Crippen LogP contribution is 2.17. The average molecular weight is 323 g/mol. The fourth-order valence-electron chi connectivity index (χ4n) is 2.66. The first-order chi connectivity index (χ1) is 11.6. The summed E-state index contributed by atoms with van der Waals surface area (Å²) in [6.45, 7) is -0.0205. The Kier molecular flexibility index (Phi) is 4.87. The van der Waals surface area contributed by atoms with E-state index in [0.29, 0.717) is 0 Å². The van der Waals surface area contributed by atoms with Gasteiger partial charge in [0.2, 0.25) is 5.91 Å². The Hall–Kier alpha value is -2.72. The van der Waals surface area contributed by atoms with Crippen molar-refractivity contribution >= 4 is 16.7 Å². The molecule has 0 spiro atoms. The maximum Gasteiger partial charge on any atom is 0.224 e. The quantitative estimate of drug-likeness (QED) is 0.756. The predicted octanol–water partition coefficient (Wildman–Crippen LogP) is 3.37. The van der Waals surface area contributed by atoms with Crippen LogP contribution in [0.2, 0.25) is 0 Å². The first-order valence-corrected chi connectivity index (χ1v) is 7.80. The van der Waals surface area contributed by atoms with Gasteiger partial charge >= 0.3 is 0 Å². The number of aliphatic hydroxyl groups excluding tert-OH is 1. The molecule has 0 aliphatic rings. The molecule has 0 aliphatic heterocycles. The van der Waals surface area contributed by atoms with Gasteiger partial charge < -0.3 is 10.4 Å². The Bertz CT molecular complexity index is 863. The zero-order valence-corrected chi connectivity index (χ0v) is 13.1. The third kappa shape index (κ3) is 3.78. The van der Waals surface area contributed by atoms with Crippen LogP contribution in [-0.2, 0) is 11.2 Å². The minimum Gasteiger partial charge on any atom is -0.386 e. The molecule has 24 heavy (non-hydrogen) atoms. The van der Waals surface area contributed by atoms with Crippen molar-refractivity contribution in [1.29, 1.82) is 0 Å². The monoisotopic (exact) mass is 323 g/mol. The zero-order valence-electron chi connectivity index (χ0n) is 13.1. The van der Waals surface area contributed by atoms with E-state index >= 15 is 0 Å². The molecule has 0 saturated carbocycles. The van der Waals surface area contributed by atoms with E-state index in [2.05, 4.69) is 5.32 Å². The Morgan fingerprint density at radius 3 is 2.50 bits per heavy atom. The summed E-state index contributed by atoms with van der Waals surface area (Å²) in [4.78, 5) is 12.1. The van der Waals surface area contributed by atoms with E-state index in [1.165, 1.54) is 12.1 Å². The molecule has 0 bridgehead atoms. The van der Waals surface area contributed by atoms with Crippen LogP contribution in [0.15, 0.2) is 66.7 Å². The van der Waals surface area contributed by atoms with Crippen molar-refractivity contribution in [3.8, 4) is 0 Å². The van der Waals surface area contributed by atoms with Crippen LogP contribution in [0.4, 0.5) is 4.39 Å². The van der Waals surface area contributed by atoms with Crippen molar-refractivity contribution in [2.45, 2.75) is 12.5 Å². The van der Waals surface area contributed by atoms with Gasteiger partial charge in [-0.25, -0.2) is 4.39 Å². The molecule has 0 heterocycles. The number of halogens is 1. The summed E-state index contributed by atoms with van der Waals surface area (Å²) in [7, 11) is 0. The minimum absolute atomic E-state index is 0.0205. The van der Waals surface area contributed by atoms with Crippen LogP contribution in [0.3, 0.4) is 0 Å². The number of amides is 1. The van der Waals surface area contributed by atoms with Crippen LogP contribution in [0.1, 0.15) is 17.2 Å². The first kappa shape index (κ1) is 16.1. The number of aliphatic hydroxyl groups is 1. The van der Waals surface area contributed by atoms with Crippen molar-refractivity contribution in [2.75, 3.05) is 6.54 Å². The average Bonchev–Trinajstić information content (AvgIpc) is 2.60. The molecule has 4 heteroatoms. The normalized spacial score (nSPS) is 12.1. The molecule has 1 amide bonds. The molecule has 3 aromatic carbocycles. The maximum atomic E-state index is 13.6. The lowest BCUT2D eigenvalue weighted by Crippen LogP contribution is -2.29. The van der Waals surface area contributed by atoms with Gasteiger partial charge in [-0.05, 0) is 22.4 Å². The van der Waals surface area contributed by atoms with Crippen molar-refractivity contribution in [3.05, 3.63) is 83.7 Å². The van der Waals surface area contributed by atoms with Gasteiger partial charge in [0, 0.05) is 12.1 Å². The van der Waals surface area contributed by atoms with Gasteiger partial charge in [0.05, 0.1) is 12.5 Å². The molecular formula is C20H18FNO2. The third-order valence-corrected chi connectivity index (χ3v) is 3.94. The molecule has 3 aromatic rings. The number of benzene rings is 3. The topological polar surface area (TPSA) is 49.3 Å². The molecule has 0 radical (unpaired) electrons. The SMILES string of the molecule is O=C(Cc1ccc2ccccc2c1)NCC(O)c1ccccc1F. The number of nitrogens with one attached hydrogen (secondary N) is 1. The van der Waals surface area contributed by atoms with Crippen LogP contribution in [0.25, 0.3) is 10.8 Å². The van der Waals surface area contributed by atoms with Crippen LogP contribution < -0.4 is 5.32 Å². The van der Waals surface area contributed by atoms with E-state index < -0.39 is 11.9 Å². The number of fused-ring (bicyclic) bond motifs is 1. The van der Waals surface area contributed by atoms with Crippen LogP contribution in [0, 0.1) is 5.82 Å². The molecular weight excluding hydrogens is 305 g/mol. The molecule has 2 N–H and O–H groups in total. The minimum atomic E-state index is -1.06. The fraction of sp³-hybridized carbons (Fsp3) is 0.150. The van der Waals surface area contributed by atoms with E-state index in [0.717, 1.165) is 16.3 Å². The van der Waals surface area contributed by atoms with Crippen molar-refractivity contribution in [1.82, 2.24) is 5.32 Å². The molecule has 122 valence electrons. The lowest BCUT2D eigenvalue weighted by Gasteiger charge is -2.13. The van der Waals surface area contributed by atoms with Crippen LogP contribution in [-0.4, -0.2) is 17.6 Å². The van der Waals surface area contributed by atoms with Crippen molar-refractivity contribution in [2.24, 2.45) is 0 Å². The van der Waals surface area contributed by atoms with E-state index in [-0.39, 0.29) is 24.4 Å². The van der Waals surface area contributed by atoms with Crippen LogP contribution in [0.5, 0.6) is 0 Å². The number of hydrogen-bond donors (Lipinski definition) is 2. The second kappa shape index (κ2) is 7.23. The number of hydrogen-bond acceptors (Lipinski definition) is 2. The Labute approximate surface area is 139 Å². The molecule has 3 rings (SSSR count). The Balaban J connectivity index is 1.59. The third-order valence-electron chi connectivity index (χ3n) is 3.94. The zero-order chi connectivity index (χ0) is 16.9. The second-order valence-corrected chi connectivity index (χ2v) is 5.70. The molecule has 0 saturated heterocycles. The maximum absolute atomic E-state index is 13.6. The number of carbonyl (C=O) groups excluding carboxylic acids is 1. The smallest absolute Gasteiger partial charge is 0.224 e. The fourth-order valence-corrected chi connectivity index (χ4v) is 2.66. The second-order valence-electron chi connectivity index (χ2n) is 5.70. The Morgan fingerprint density at radius 1 is 1.00 bits per heavy atom. The van der Waals surface area contributed by atoms with E-state index in [4.69, 9.17) is 0 Å². The van der Waals surface area contributed by atoms with Crippen molar-refractivity contribution < 1.29 is 14.3 Å². The lowest BCUT2D eigenvalue weighted by atomic mass is 10.0. The highest BCUT2D eigenvalue weighted by Gasteiger charge is 2.13. The summed E-state index contributed by atoms with van der Waals surface area (Å²) >= 11 is 0. The summed E-state index contributed by atoms with van der Waals surface area (Å²) in [5, 5.41) is 14.9. The standard InChI is InChI=1S/C20H18FNO2/c21-18-8-4-3-7-17(18)19(23)13-22-20(24)12-14-9-10-15-5-1-2-6-16(15)11-14/h1-11,19,23H,12-13H2,(H,22,24). The van der Waals surface area contributed by atoms with E-state index in [1.54, 1.807) is 12.1 Å². The Morgan fingerprint density at radius 2 is 1.71 bits per heavy atom. The highest BCUT2D eigenvalue weighted by molar-refractivity contribution is 5.85. The highest BCUT2D eigenvalue weighted by atomic mass is 19.1.